The molecule has 1 spiro atoms. The SMILES string of the molecule is C[C@H](OC(=O)[C@@H](N)CCC(=O)O)C(=O)OC1=CC[C@@]2(O)[C@H]3Cc4ccc(O)c5c4[C@@]2(CCN3C)[C@H]1O5.O=CC(F)(F)F. The summed E-state index contributed by atoms with van der Waals surface area (Å²) in [7, 11) is 1.98. The van der Waals surface area contributed by atoms with Gasteiger partial charge in [0, 0.05) is 24.4 Å². The molecular weight excluding hydrogens is 569 g/mol. The number of halogens is 3. The Morgan fingerprint density at radius 1 is 1.29 bits per heavy atom. The number of phenolic OH excluding ortho intramolecular Hbond substituents is 1. The molecule has 42 heavy (non-hydrogen) atoms. The van der Waals surface area contributed by atoms with E-state index in [1.54, 1.807) is 12.1 Å². The molecular formula is C27H31F3N2O10. The lowest BCUT2D eigenvalue weighted by Gasteiger charge is -2.61. The maximum atomic E-state index is 12.9. The number of rotatable bonds is 7. The van der Waals surface area contributed by atoms with Gasteiger partial charge in [0.15, 0.2) is 23.7 Å². The largest absolute Gasteiger partial charge is 0.504 e. The number of esters is 2. The monoisotopic (exact) mass is 600 g/mol. The van der Waals surface area contributed by atoms with Crippen molar-refractivity contribution >= 4 is 24.2 Å². The molecule has 2 heterocycles. The van der Waals surface area contributed by atoms with Crippen LogP contribution in [-0.2, 0) is 40.5 Å². The molecule has 2 aliphatic heterocycles. The molecule has 0 radical (unpaired) electrons. The van der Waals surface area contributed by atoms with Gasteiger partial charge in [-0.3, -0.25) is 14.4 Å². The molecule has 6 atom stereocenters. The number of hydrogen-bond donors (Lipinski definition) is 4. The Morgan fingerprint density at radius 3 is 2.57 bits per heavy atom. The van der Waals surface area contributed by atoms with Crippen LogP contribution in [0.5, 0.6) is 11.5 Å². The fraction of sp³-hybridized carbons (Fsp3) is 0.556. The van der Waals surface area contributed by atoms with Crippen LogP contribution >= 0.6 is 0 Å². The molecule has 5 N–H and O–H groups in total. The van der Waals surface area contributed by atoms with Gasteiger partial charge < -0.3 is 40.2 Å². The fourth-order valence-electron chi connectivity index (χ4n) is 6.34. The van der Waals surface area contributed by atoms with E-state index in [-0.39, 0.29) is 36.8 Å². The third-order valence-corrected chi connectivity index (χ3v) is 8.30. The molecule has 2 aliphatic carbocycles. The number of piperidine rings is 1. The summed E-state index contributed by atoms with van der Waals surface area (Å²) in [6, 6.07) is 2.06. The van der Waals surface area contributed by atoms with Crippen LogP contribution in [0.25, 0.3) is 0 Å². The topological polar surface area (TPSA) is 186 Å². The first-order valence-corrected chi connectivity index (χ1v) is 13.1. The minimum absolute atomic E-state index is 0.0411. The standard InChI is InChI=1S/C25H30N2O9.C2HF3O/c1-12(34-23(32)14(26)4-6-18(29)30)22(31)35-16-7-8-25(33)17-11-13-3-5-15(28)20-19(13)24(25,21(16)36-20)9-10-27(17)2;3-2(4,5)1-6/h3,5,7,12,14,17,21,28,33H,4,6,8-11,26H2,1-2H3,(H,29,30);1H/t12-,14-,17+,21-,24-,25+;/m0./s1. The smallest absolute Gasteiger partial charge is 0.446 e. The number of carboxylic acid groups (broad SMARTS) is 1. The predicted molar refractivity (Wildman–Crippen MR) is 135 cm³/mol. The number of aliphatic hydroxyl groups is 1. The normalized spacial score (nSPS) is 28.5. The summed E-state index contributed by atoms with van der Waals surface area (Å²) in [6.07, 6.45) is -5.31. The van der Waals surface area contributed by atoms with Crippen LogP contribution in [0.3, 0.4) is 0 Å². The molecule has 4 aliphatic rings. The van der Waals surface area contributed by atoms with E-state index in [2.05, 4.69) is 4.90 Å². The van der Waals surface area contributed by atoms with Crippen molar-refractivity contribution in [3.8, 4) is 11.5 Å². The van der Waals surface area contributed by atoms with Gasteiger partial charge in [-0.2, -0.15) is 13.2 Å². The van der Waals surface area contributed by atoms with Crippen LogP contribution in [0.1, 0.15) is 43.7 Å². The number of carbonyl (C=O) groups is 4. The van der Waals surface area contributed by atoms with Crippen LogP contribution < -0.4 is 10.5 Å². The average Bonchev–Trinajstić information content (AvgIpc) is 3.28. The summed E-state index contributed by atoms with van der Waals surface area (Å²) >= 11 is 0. The maximum Gasteiger partial charge on any atom is 0.446 e. The average molecular weight is 601 g/mol. The molecule has 1 aromatic rings. The molecule has 0 aromatic heterocycles. The van der Waals surface area contributed by atoms with E-state index in [1.165, 1.54) is 6.92 Å². The molecule has 1 saturated heterocycles. The summed E-state index contributed by atoms with van der Waals surface area (Å²) < 4.78 is 48.2. The minimum atomic E-state index is -4.64. The van der Waals surface area contributed by atoms with Gasteiger partial charge >= 0.3 is 24.1 Å². The number of ether oxygens (including phenoxy) is 3. The Labute approximate surface area is 237 Å². The van der Waals surface area contributed by atoms with Crippen molar-refractivity contribution in [1.82, 2.24) is 4.90 Å². The van der Waals surface area contributed by atoms with Gasteiger partial charge in [-0.25, -0.2) is 4.79 Å². The van der Waals surface area contributed by atoms with Crippen molar-refractivity contribution in [2.75, 3.05) is 13.6 Å². The number of alkyl halides is 3. The van der Waals surface area contributed by atoms with Crippen molar-refractivity contribution in [1.29, 1.82) is 0 Å². The highest BCUT2D eigenvalue weighted by molar-refractivity contribution is 5.82. The number of carboxylic acids is 1. The third-order valence-electron chi connectivity index (χ3n) is 8.30. The molecule has 12 nitrogen and oxygen atoms in total. The van der Waals surface area contributed by atoms with Gasteiger partial charge in [-0.05, 0) is 57.5 Å². The number of nitrogens with two attached hydrogens (primary N) is 1. The second-order valence-electron chi connectivity index (χ2n) is 10.8. The number of benzene rings is 1. The zero-order chi connectivity index (χ0) is 31.2. The lowest BCUT2D eigenvalue weighted by Crippen LogP contribution is -2.74. The van der Waals surface area contributed by atoms with Gasteiger partial charge in [0.2, 0.25) is 6.29 Å². The van der Waals surface area contributed by atoms with Crippen molar-refractivity contribution in [3.63, 3.8) is 0 Å². The molecule has 0 amide bonds. The van der Waals surface area contributed by atoms with Crippen LogP contribution in [-0.4, -0.2) is 94.1 Å². The van der Waals surface area contributed by atoms with Crippen LogP contribution in [0, 0.1) is 0 Å². The van der Waals surface area contributed by atoms with Crippen molar-refractivity contribution in [2.24, 2.45) is 5.73 Å². The molecule has 15 heteroatoms. The van der Waals surface area contributed by atoms with Gasteiger partial charge in [0.1, 0.15) is 11.8 Å². The molecule has 0 saturated carbocycles. The van der Waals surface area contributed by atoms with E-state index >= 15 is 0 Å². The van der Waals surface area contributed by atoms with Gasteiger partial charge in [0.25, 0.3) is 0 Å². The highest BCUT2D eigenvalue weighted by Gasteiger charge is 2.72. The molecule has 0 unspecified atom stereocenters. The minimum Gasteiger partial charge on any atom is -0.504 e. The van der Waals surface area contributed by atoms with Crippen LogP contribution in [0.2, 0.25) is 0 Å². The van der Waals surface area contributed by atoms with E-state index in [1.807, 2.05) is 13.1 Å². The number of carbonyl (C=O) groups excluding carboxylic acids is 3. The zero-order valence-electron chi connectivity index (χ0n) is 22.7. The number of hydrogen-bond acceptors (Lipinski definition) is 11. The van der Waals surface area contributed by atoms with E-state index in [0.717, 1.165) is 11.1 Å². The molecule has 2 bridgehead atoms. The fourth-order valence-corrected chi connectivity index (χ4v) is 6.34. The first-order valence-electron chi connectivity index (χ1n) is 13.1. The number of nitrogens with zero attached hydrogens (tertiary/aromatic N) is 1. The molecule has 5 rings (SSSR count). The zero-order valence-corrected chi connectivity index (χ0v) is 22.7. The highest BCUT2D eigenvalue weighted by Crippen LogP contribution is 2.65. The number of aromatic hydroxyl groups is 1. The second kappa shape index (κ2) is 11.2. The number of aliphatic carboxylic acids is 1. The van der Waals surface area contributed by atoms with Gasteiger partial charge in [-0.15, -0.1) is 0 Å². The van der Waals surface area contributed by atoms with E-state index in [4.69, 9.17) is 29.8 Å². The van der Waals surface area contributed by atoms with E-state index in [0.29, 0.717) is 25.1 Å². The molecule has 1 fully saturated rings. The second-order valence-corrected chi connectivity index (χ2v) is 10.8. The molecule has 230 valence electrons. The summed E-state index contributed by atoms with van der Waals surface area (Å²) in [6.45, 7) is 2.02. The lowest BCUT2D eigenvalue weighted by atomic mass is 9.50. The summed E-state index contributed by atoms with van der Waals surface area (Å²) in [5, 5.41) is 31.4. The Morgan fingerprint density at radius 2 is 1.95 bits per heavy atom. The van der Waals surface area contributed by atoms with E-state index in [9.17, 15) is 37.8 Å². The Hall–Kier alpha value is -3.69. The number of aldehydes is 1. The lowest BCUT2D eigenvalue weighted by molar-refractivity contribution is -0.175. The first kappa shape index (κ1) is 31.3. The summed E-state index contributed by atoms with van der Waals surface area (Å²) in [4.78, 5) is 46.6. The van der Waals surface area contributed by atoms with Crippen molar-refractivity contribution in [3.05, 3.63) is 35.1 Å². The van der Waals surface area contributed by atoms with Crippen LogP contribution in [0.4, 0.5) is 13.2 Å². The Bertz CT molecular complexity index is 1320. The first-order chi connectivity index (χ1) is 19.6. The summed E-state index contributed by atoms with van der Waals surface area (Å²) in [5.41, 5.74) is 5.32. The van der Waals surface area contributed by atoms with Gasteiger partial charge in [-0.1, -0.05) is 6.07 Å². The number of phenols is 1. The quantitative estimate of drug-likeness (QED) is 0.258. The van der Waals surface area contributed by atoms with Crippen molar-refractivity contribution in [2.45, 2.75) is 80.5 Å². The Balaban J connectivity index is 0.000000612. The predicted octanol–water partition coefficient (Wildman–Crippen LogP) is 1.08. The number of likely N-dealkylation sites (tertiary alicyclic amines) is 1. The molecule has 1 aromatic carbocycles. The van der Waals surface area contributed by atoms with Crippen LogP contribution in [0.15, 0.2) is 24.0 Å². The number of likely N-dealkylation sites (N-methyl/N-ethyl adjacent to an activating group) is 1. The maximum absolute atomic E-state index is 12.9. The Kier molecular flexibility index (Phi) is 8.32. The van der Waals surface area contributed by atoms with E-state index < -0.39 is 59.6 Å². The third kappa shape index (κ3) is 5.31. The van der Waals surface area contributed by atoms with Crippen molar-refractivity contribution < 1.29 is 61.9 Å². The van der Waals surface area contributed by atoms with Gasteiger partial charge in [0.05, 0.1) is 11.0 Å². The highest BCUT2D eigenvalue weighted by atomic mass is 19.4. The summed E-state index contributed by atoms with van der Waals surface area (Å²) in [5.74, 6) is -2.41.